The van der Waals surface area contributed by atoms with E-state index in [9.17, 15) is 0 Å². The molecule has 20 heavy (non-hydrogen) atoms. The molecule has 0 spiro atoms. The molecule has 0 aliphatic carbocycles. The van der Waals surface area contributed by atoms with Gasteiger partial charge in [0.05, 0.1) is 5.69 Å². The molecule has 0 fully saturated rings. The van der Waals surface area contributed by atoms with E-state index in [-0.39, 0.29) is 5.41 Å². The molecule has 0 unspecified atom stereocenters. The molecule has 0 aliphatic heterocycles. The Bertz CT molecular complexity index is 517. The first kappa shape index (κ1) is 15.6. The predicted molar refractivity (Wildman–Crippen MR) is 89.2 cm³/mol. The van der Waals surface area contributed by atoms with Crippen molar-refractivity contribution in [2.45, 2.75) is 27.3 Å². The van der Waals surface area contributed by atoms with Gasteiger partial charge in [-0.25, -0.2) is 4.98 Å². The van der Waals surface area contributed by atoms with Gasteiger partial charge in [0.2, 0.25) is 0 Å². The Morgan fingerprint density at radius 2 is 2.15 bits per heavy atom. The van der Waals surface area contributed by atoms with E-state index in [4.69, 9.17) is 10.7 Å². The summed E-state index contributed by atoms with van der Waals surface area (Å²) in [5.41, 5.74) is 8.38. The molecule has 2 heterocycles. The van der Waals surface area contributed by atoms with Gasteiger partial charge in [-0.15, -0.1) is 11.3 Å². The summed E-state index contributed by atoms with van der Waals surface area (Å²) in [6.45, 7) is 10.3. The third-order valence-electron chi connectivity index (χ3n) is 3.36. The molecule has 2 aromatic rings. The van der Waals surface area contributed by atoms with Crippen molar-refractivity contribution in [3.05, 3.63) is 27.9 Å². The zero-order valence-electron chi connectivity index (χ0n) is 12.4. The number of hydrogen-bond donors (Lipinski definition) is 1. The quantitative estimate of drug-likeness (QED) is 0.848. The number of nitrogens with two attached hydrogens (primary N) is 1. The minimum Gasteiger partial charge on any atom is -0.330 e. The zero-order valence-corrected chi connectivity index (χ0v) is 14.1. The highest BCUT2D eigenvalue weighted by Gasteiger charge is 2.20. The number of hydrogen-bond acceptors (Lipinski definition) is 5. The molecule has 0 bridgehead atoms. The van der Waals surface area contributed by atoms with Crippen LogP contribution in [0.15, 0.2) is 22.2 Å². The average molecular weight is 310 g/mol. The van der Waals surface area contributed by atoms with E-state index in [2.05, 4.69) is 47.9 Å². The fraction of sp³-hybridized carbons (Fsp3) is 0.533. The molecule has 0 aromatic carbocycles. The average Bonchev–Trinajstić information content (AvgIpc) is 3.08. The van der Waals surface area contributed by atoms with Gasteiger partial charge in [0.1, 0.15) is 5.01 Å². The summed E-state index contributed by atoms with van der Waals surface area (Å²) in [5.74, 6) is 0. The molecule has 0 saturated heterocycles. The van der Waals surface area contributed by atoms with Crippen LogP contribution in [0.1, 0.15) is 26.5 Å². The lowest BCUT2D eigenvalue weighted by Crippen LogP contribution is -2.38. The molecule has 3 nitrogen and oxygen atoms in total. The summed E-state index contributed by atoms with van der Waals surface area (Å²) in [7, 11) is 0. The smallest absolute Gasteiger partial charge is 0.124 e. The maximum absolute atomic E-state index is 5.83. The van der Waals surface area contributed by atoms with E-state index < -0.39 is 0 Å². The lowest BCUT2D eigenvalue weighted by molar-refractivity contribution is 0.182. The third kappa shape index (κ3) is 4.12. The monoisotopic (exact) mass is 309 g/mol. The lowest BCUT2D eigenvalue weighted by Gasteiger charge is -2.30. The van der Waals surface area contributed by atoms with E-state index in [0.717, 1.165) is 30.3 Å². The normalized spacial score (nSPS) is 12.2. The van der Waals surface area contributed by atoms with Crippen molar-refractivity contribution in [3.8, 4) is 10.6 Å². The first-order valence-electron chi connectivity index (χ1n) is 6.93. The molecule has 2 N–H and O–H groups in total. The Labute approximate surface area is 129 Å². The van der Waals surface area contributed by atoms with Gasteiger partial charge >= 0.3 is 0 Å². The van der Waals surface area contributed by atoms with Crippen molar-refractivity contribution in [2.24, 2.45) is 11.1 Å². The van der Waals surface area contributed by atoms with Crippen LogP contribution >= 0.6 is 22.7 Å². The van der Waals surface area contributed by atoms with Gasteiger partial charge in [-0.3, -0.25) is 4.90 Å². The maximum Gasteiger partial charge on any atom is 0.124 e. The number of thiazole rings is 1. The standard InChI is InChI=1S/C15H23N3S2/c1-4-18(11-15(2,3)10-16)7-13-9-20-14(17-13)12-5-6-19-8-12/h5-6,8-9H,4,7,10-11,16H2,1-3H3. The number of aromatic nitrogens is 1. The minimum atomic E-state index is 0.155. The summed E-state index contributed by atoms with van der Waals surface area (Å²) in [5, 5.41) is 7.54. The van der Waals surface area contributed by atoms with Crippen LogP contribution in [0.5, 0.6) is 0 Å². The Balaban J connectivity index is 2.01. The van der Waals surface area contributed by atoms with Gasteiger partial charge in [-0.05, 0) is 30.0 Å². The van der Waals surface area contributed by atoms with Crippen molar-refractivity contribution in [1.82, 2.24) is 9.88 Å². The first-order chi connectivity index (χ1) is 9.54. The van der Waals surface area contributed by atoms with E-state index in [0.29, 0.717) is 6.54 Å². The summed E-state index contributed by atoms with van der Waals surface area (Å²) >= 11 is 3.44. The van der Waals surface area contributed by atoms with Crippen molar-refractivity contribution < 1.29 is 0 Å². The number of rotatable bonds is 7. The lowest BCUT2D eigenvalue weighted by atomic mass is 9.93. The van der Waals surface area contributed by atoms with Crippen molar-refractivity contribution >= 4 is 22.7 Å². The molecule has 0 amide bonds. The first-order valence-corrected chi connectivity index (χ1v) is 8.75. The molecule has 2 aromatic heterocycles. The Morgan fingerprint density at radius 1 is 1.35 bits per heavy atom. The highest BCUT2D eigenvalue weighted by atomic mass is 32.1. The van der Waals surface area contributed by atoms with Crippen LogP contribution in [0.25, 0.3) is 10.6 Å². The van der Waals surface area contributed by atoms with Gasteiger partial charge in [-0.2, -0.15) is 11.3 Å². The maximum atomic E-state index is 5.83. The second kappa shape index (κ2) is 6.80. The highest BCUT2D eigenvalue weighted by Crippen LogP contribution is 2.26. The van der Waals surface area contributed by atoms with Crippen LogP contribution in [-0.2, 0) is 6.54 Å². The van der Waals surface area contributed by atoms with Crippen LogP contribution in [0.2, 0.25) is 0 Å². The van der Waals surface area contributed by atoms with Crippen LogP contribution < -0.4 is 5.73 Å². The SMILES string of the molecule is CCN(Cc1csc(-c2ccsc2)n1)CC(C)(C)CN. The van der Waals surface area contributed by atoms with Gasteiger partial charge in [0, 0.05) is 29.4 Å². The Kier molecular flexibility index (Phi) is 5.32. The molecule has 2 rings (SSSR count). The Hall–Kier alpha value is -0.750. The van der Waals surface area contributed by atoms with Gasteiger partial charge < -0.3 is 5.73 Å². The van der Waals surface area contributed by atoms with E-state index in [1.54, 1.807) is 22.7 Å². The second-order valence-corrected chi connectivity index (χ2v) is 7.47. The fourth-order valence-electron chi connectivity index (χ4n) is 2.08. The van der Waals surface area contributed by atoms with Crippen LogP contribution in [-0.4, -0.2) is 29.5 Å². The summed E-state index contributed by atoms with van der Waals surface area (Å²) < 4.78 is 0. The second-order valence-electron chi connectivity index (χ2n) is 5.83. The highest BCUT2D eigenvalue weighted by molar-refractivity contribution is 7.14. The molecular formula is C15H23N3S2. The van der Waals surface area contributed by atoms with Crippen molar-refractivity contribution in [1.29, 1.82) is 0 Å². The van der Waals surface area contributed by atoms with Gasteiger partial charge in [-0.1, -0.05) is 20.8 Å². The molecule has 5 heteroatoms. The minimum absolute atomic E-state index is 0.155. The topological polar surface area (TPSA) is 42.2 Å². The molecular weight excluding hydrogens is 286 g/mol. The Morgan fingerprint density at radius 3 is 2.75 bits per heavy atom. The molecule has 0 aliphatic rings. The van der Waals surface area contributed by atoms with Crippen molar-refractivity contribution in [2.75, 3.05) is 19.6 Å². The largest absolute Gasteiger partial charge is 0.330 e. The third-order valence-corrected chi connectivity index (χ3v) is 4.98. The van der Waals surface area contributed by atoms with E-state index >= 15 is 0 Å². The predicted octanol–water partition coefficient (Wildman–Crippen LogP) is 3.68. The molecule has 0 radical (unpaired) electrons. The van der Waals surface area contributed by atoms with Gasteiger partial charge in [0.15, 0.2) is 0 Å². The van der Waals surface area contributed by atoms with Crippen molar-refractivity contribution in [3.63, 3.8) is 0 Å². The van der Waals surface area contributed by atoms with Gasteiger partial charge in [0.25, 0.3) is 0 Å². The molecule has 0 atom stereocenters. The number of nitrogens with zero attached hydrogens (tertiary/aromatic N) is 2. The summed E-state index contributed by atoms with van der Waals surface area (Å²) in [6.07, 6.45) is 0. The summed E-state index contributed by atoms with van der Waals surface area (Å²) in [6, 6.07) is 2.13. The molecule has 0 saturated carbocycles. The van der Waals surface area contributed by atoms with Crippen LogP contribution in [0.4, 0.5) is 0 Å². The van der Waals surface area contributed by atoms with Crippen LogP contribution in [0, 0.1) is 5.41 Å². The fourth-order valence-corrected chi connectivity index (χ4v) is 3.60. The molecule has 110 valence electrons. The van der Waals surface area contributed by atoms with E-state index in [1.165, 1.54) is 5.56 Å². The van der Waals surface area contributed by atoms with E-state index in [1.807, 2.05) is 0 Å². The zero-order chi connectivity index (χ0) is 14.6. The number of thiophene rings is 1. The summed E-state index contributed by atoms with van der Waals surface area (Å²) in [4.78, 5) is 7.16. The van der Waals surface area contributed by atoms with Crippen LogP contribution in [0.3, 0.4) is 0 Å².